The normalized spacial score (nSPS) is 11.8. The molecule has 0 aliphatic rings. The molecule has 0 N–H and O–H groups in total. The first-order valence-corrected chi connectivity index (χ1v) is 13.6. The second kappa shape index (κ2) is 8.69. The Labute approximate surface area is 232 Å². The number of rotatable bonds is 3. The van der Waals surface area contributed by atoms with Crippen LogP contribution in [0.3, 0.4) is 0 Å². The van der Waals surface area contributed by atoms with E-state index in [1.54, 1.807) is 0 Å². The van der Waals surface area contributed by atoms with Gasteiger partial charge in [0.05, 0.1) is 0 Å². The van der Waals surface area contributed by atoms with Gasteiger partial charge in [0.2, 0.25) is 0 Å². The van der Waals surface area contributed by atoms with E-state index in [1.165, 1.54) is 48.8 Å². The third kappa shape index (κ3) is 3.48. The second-order valence-corrected chi connectivity index (χ2v) is 10.6. The van der Waals surface area contributed by atoms with E-state index in [-0.39, 0.29) is 0 Å². The molecule has 8 aromatic rings. The minimum absolute atomic E-state index is 0.677. The molecule has 0 fully saturated rings. The van der Waals surface area contributed by atoms with E-state index in [1.807, 2.05) is 0 Å². The van der Waals surface area contributed by atoms with Gasteiger partial charge in [0.15, 0.2) is 17.5 Å². The van der Waals surface area contributed by atoms with Gasteiger partial charge in [0.25, 0.3) is 0 Å². The zero-order valence-electron chi connectivity index (χ0n) is 22.3. The molecule has 3 nitrogen and oxygen atoms in total. The SMILES string of the molecule is Cc1ccc(-c2nc(-c3ccc(C)cc3)nc(-c3ccc4c5cccc6cccc(c7cccc3c74)c65)n2)cc1. The lowest BCUT2D eigenvalue weighted by molar-refractivity contribution is 1.08. The number of fused-ring (bicyclic) bond motifs is 2. The quantitative estimate of drug-likeness (QED) is 0.175. The van der Waals surface area contributed by atoms with Crippen LogP contribution in [-0.4, -0.2) is 15.0 Å². The van der Waals surface area contributed by atoms with Crippen molar-refractivity contribution < 1.29 is 0 Å². The van der Waals surface area contributed by atoms with Gasteiger partial charge in [-0.1, -0.05) is 120 Å². The summed E-state index contributed by atoms with van der Waals surface area (Å²) in [5, 5.41) is 10.1. The minimum Gasteiger partial charge on any atom is -0.208 e. The monoisotopic (exact) mass is 511 g/mol. The number of aromatic nitrogens is 3. The van der Waals surface area contributed by atoms with Crippen molar-refractivity contribution in [2.45, 2.75) is 13.8 Å². The van der Waals surface area contributed by atoms with Crippen molar-refractivity contribution in [2.24, 2.45) is 0 Å². The molecule has 8 rings (SSSR count). The van der Waals surface area contributed by atoms with E-state index < -0.39 is 0 Å². The summed E-state index contributed by atoms with van der Waals surface area (Å²) in [5.74, 6) is 2.04. The highest BCUT2D eigenvalue weighted by atomic mass is 15.0. The Hall–Kier alpha value is -5.15. The lowest BCUT2D eigenvalue weighted by Crippen LogP contribution is -2.01. The summed E-state index contributed by atoms with van der Waals surface area (Å²) in [6.07, 6.45) is 0. The third-order valence-electron chi connectivity index (χ3n) is 8.02. The molecule has 1 heterocycles. The first kappa shape index (κ1) is 22.8. The van der Waals surface area contributed by atoms with E-state index in [0.29, 0.717) is 17.5 Å². The molecule has 0 atom stereocenters. The van der Waals surface area contributed by atoms with Crippen molar-refractivity contribution in [2.75, 3.05) is 0 Å². The van der Waals surface area contributed by atoms with Gasteiger partial charge >= 0.3 is 0 Å². The standard InChI is InChI=1S/C37H25N3/c1-22-12-16-25(17-13-22)35-38-36(26-18-14-23(2)15-19-26)40-37(39-35)32-21-20-31-28-9-4-7-24-6-3-8-27(33(24)28)29-10-5-11-30(32)34(29)31/h3-21H,1-2H3. The van der Waals surface area contributed by atoms with E-state index in [2.05, 4.69) is 129 Å². The van der Waals surface area contributed by atoms with Gasteiger partial charge in [-0.3, -0.25) is 0 Å². The van der Waals surface area contributed by atoms with E-state index >= 15 is 0 Å². The molecule has 1 aromatic heterocycles. The smallest absolute Gasteiger partial charge is 0.164 e. The highest BCUT2D eigenvalue weighted by Gasteiger charge is 2.18. The Balaban J connectivity index is 1.44. The van der Waals surface area contributed by atoms with Crippen molar-refractivity contribution in [3.63, 3.8) is 0 Å². The molecule has 0 saturated carbocycles. The average Bonchev–Trinajstić information content (AvgIpc) is 3.00. The molecular weight excluding hydrogens is 486 g/mol. The van der Waals surface area contributed by atoms with Crippen LogP contribution < -0.4 is 0 Å². The lowest BCUT2D eigenvalue weighted by Gasteiger charge is -2.16. The largest absolute Gasteiger partial charge is 0.208 e. The number of hydrogen-bond donors (Lipinski definition) is 0. The third-order valence-corrected chi connectivity index (χ3v) is 8.02. The summed E-state index contributed by atoms with van der Waals surface area (Å²) in [6, 6.07) is 41.0. The number of benzene rings is 7. The molecule has 188 valence electrons. The fourth-order valence-corrected chi connectivity index (χ4v) is 6.00. The Morgan fingerprint density at radius 1 is 0.375 bits per heavy atom. The topological polar surface area (TPSA) is 38.7 Å². The van der Waals surface area contributed by atoms with Crippen molar-refractivity contribution in [3.8, 4) is 34.2 Å². The Morgan fingerprint density at radius 2 is 0.825 bits per heavy atom. The molecule has 0 unspecified atom stereocenters. The maximum Gasteiger partial charge on any atom is 0.164 e. The van der Waals surface area contributed by atoms with Gasteiger partial charge in [-0.25, -0.2) is 15.0 Å². The summed E-state index contributed by atoms with van der Waals surface area (Å²) < 4.78 is 0. The van der Waals surface area contributed by atoms with Crippen LogP contribution in [0.4, 0.5) is 0 Å². The number of nitrogens with zero attached hydrogens (tertiary/aromatic N) is 3. The highest BCUT2D eigenvalue weighted by Crippen LogP contribution is 2.42. The van der Waals surface area contributed by atoms with Crippen molar-refractivity contribution in [1.29, 1.82) is 0 Å². The first-order chi connectivity index (χ1) is 19.6. The Kier molecular flexibility index (Phi) is 4.95. The molecule has 40 heavy (non-hydrogen) atoms. The molecule has 0 spiro atoms. The molecular formula is C37H25N3. The predicted octanol–water partition coefficient (Wildman–Crippen LogP) is 9.54. The molecule has 0 radical (unpaired) electrons. The van der Waals surface area contributed by atoms with Crippen molar-refractivity contribution in [1.82, 2.24) is 15.0 Å². The Bertz CT molecular complexity index is 2100. The van der Waals surface area contributed by atoms with Crippen LogP contribution >= 0.6 is 0 Å². The van der Waals surface area contributed by atoms with Gasteiger partial charge in [-0.15, -0.1) is 0 Å². The molecule has 0 amide bonds. The average molecular weight is 512 g/mol. The fourth-order valence-electron chi connectivity index (χ4n) is 6.00. The molecule has 0 aliphatic carbocycles. The highest BCUT2D eigenvalue weighted by molar-refractivity contribution is 6.33. The van der Waals surface area contributed by atoms with Gasteiger partial charge in [-0.2, -0.15) is 0 Å². The van der Waals surface area contributed by atoms with Gasteiger partial charge < -0.3 is 0 Å². The van der Waals surface area contributed by atoms with Crippen LogP contribution in [0, 0.1) is 13.8 Å². The van der Waals surface area contributed by atoms with Crippen molar-refractivity contribution in [3.05, 3.63) is 126 Å². The maximum absolute atomic E-state index is 5.06. The minimum atomic E-state index is 0.677. The fraction of sp³-hybridized carbons (Fsp3) is 0.0541. The first-order valence-electron chi connectivity index (χ1n) is 13.6. The summed E-state index contributed by atoms with van der Waals surface area (Å²) in [5.41, 5.74) is 5.37. The molecule has 0 saturated heterocycles. The van der Waals surface area contributed by atoms with Crippen LogP contribution in [0.1, 0.15) is 11.1 Å². The molecule has 3 heteroatoms. The van der Waals surface area contributed by atoms with Gasteiger partial charge in [-0.05, 0) is 63.0 Å². The summed E-state index contributed by atoms with van der Waals surface area (Å²) >= 11 is 0. The zero-order chi connectivity index (χ0) is 26.8. The van der Waals surface area contributed by atoms with Gasteiger partial charge in [0, 0.05) is 16.7 Å². The predicted molar refractivity (Wildman–Crippen MR) is 167 cm³/mol. The Morgan fingerprint density at radius 3 is 1.40 bits per heavy atom. The van der Waals surface area contributed by atoms with Crippen molar-refractivity contribution >= 4 is 43.1 Å². The van der Waals surface area contributed by atoms with Gasteiger partial charge in [0.1, 0.15) is 0 Å². The summed E-state index contributed by atoms with van der Waals surface area (Å²) in [6.45, 7) is 4.18. The van der Waals surface area contributed by atoms with Crippen LogP contribution in [0.2, 0.25) is 0 Å². The molecule has 0 bridgehead atoms. The second-order valence-electron chi connectivity index (χ2n) is 10.6. The van der Waals surface area contributed by atoms with E-state index in [4.69, 9.17) is 15.0 Å². The van der Waals surface area contributed by atoms with E-state index in [0.717, 1.165) is 22.1 Å². The van der Waals surface area contributed by atoms with Crippen LogP contribution in [0.15, 0.2) is 115 Å². The van der Waals surface area contributed by atoms with Crippen LogP contribution in [0.5, 0.6) is 0 Å². The zero-order valence-corrected chi connectivity index (χ0v) is 22.3. The van der Waals surface area contributed by atoms with Crippen LogP contribution in [0.25, 0.3) is 77.3 Å². The lowest BCUT2D eigenvalue weighted by atomic mass is 9.88. The molecule has 7 aromatic carbocycles. The maximum atomic E-state index is 5.06. The number of hydrogen-bond acceptors (Lipinski definition) is 3. The van der Waals surface area contributed by atoms with Crippen LogP contribution in [-0.2, 0) is 0 Å². The summed E-state index contributed by atoms with van der Waals surface area (Å²) in [7, 11) is 0. The molecule has 0 aliphatic heterocycles. The number of aryl methyl sites for hydroxylation is 2. The van der Waals surface area contributed by atoms with E-state index in [9.17, 15) is 0 Å². The summed E-state index contributed by atoms with van der Waals surface area (Å²) in [4.78, 5) is 15.1.